The van der Waals surface area contributed by atoms with Gasteiger partial charge in [0.25, 0.3) is 0 Å². The number of aliphatic carboxylic acids is 1. The van der Waals surface area contributed by atoms with E-state index in [1.807, 2.05) is 43.3 Å². The van der Waals surface area contributed by atoms with E-state index >= 15 is 0 Å². The highest BCUT2D eigenvalue weighted by atomic mass is 32.2. The van der Waals surface area contributed by atoms with E-state index in [1.54, 1.807) is 31.2 Å². The summed E-state index contributed by atoms with van der Waals surface area (Å²) < 4.78 is 0. The van der Waals surface area contributed by atoms with Crippen LogP contribution in [0.2, 0.25) is 0 Å². The summed E-state index contributed by atoms with van der Waals surface area (Å²) in [7, 11) is 3.93. The largest absolute Gasteiger partial charge is 0.480 e. The zero-order chi connectivity index (χ0) is 22.8. The molecule has 8 heteroatoms. The maximum Gasteiger partial charge on any atom is 0.327 e. The minimum atomic E-state index is -1.07. The quantitative estimate of drug-likeness (QED) is 0.528. The fourth-order valence-corrected chi connectivity index (χ4v) is 4.49. The lowest BCUT2D eigenvalue weighted by Crippen LogP contribution is -2.45. The van der Waals surface area contributed by atoms with E-state index < -0.39 is 17.9 Å². The average Bonchev–Trinajstić information content (AvgIpc) is 2.77. The summed E-state index contributed by atoms with van der Waals surface area (Å²) in [6.45, 7) is 1.69. The second kappa shape index (κ2) is 12.4. The van der Waals surface area contributed by atoms with Crippen molar-refractivity contribution in [1.29, 1.82) is 0 Å². The van der Waals surface area contributed by atoms with Gasteiger partial charge in [0.1, 0.15) is 6.04 Å². The van der Waals surface area contributed by atoms with Crippen LogP contribution in [0.5, 0.6) is 0 Å². The molecular weight excluding hydrogens is 432 g/mol. The Bertz CT molecular complexity index is 890. The van der Waals surface area contributed by atoms with Crippen LogP contribution in [0.3, 0.4) is 0 Å². The number of nitrogens with zero attached hydrogens (tertiary/aromatic N) is 1. The molecule has 166 valence electrons. The Balaban J connectivity index is 1.82. The van der Waals surface area contributed by atoms with Crippen molar-refractivity contribution in [1.82, 2.24) is 5.32 Å². The number of carboxylic acid groups (broad SMARTS) is 1. The Hall–Kier alpha value is -2.45. The van der Waals surface area contributed by atoms with Gasteiger partial charge in [-0.05, 0) is 17.7 Å². The summed E-state index contributed by atoms with van der Waals surface area (Å²) in [6.07, 6.45) is 0. The first-order valence-electron chi connectivity index (χ1n) is 9.87. The Morgan fingerprint density at radius 3 is 2.39 bits per heavy atom. The van der Waals surface area contributed by atoms with Crippen LogP contribution in [0.15, 0.2) is 54.6 Å². The summed E-state index contributed by atoms with van der Waals surface area (Å²) in [5.41, 5.74) is 2.76. The maximum absolute atomic E-state index is 12.4. The minimum Gasteiger partial charge on any atom is -0.480 e. The van der Waals surface area contributed by atoms with Crippen molar-refractivity contribution >= 4 is 46.2 Å². The van der Waals surface area contributed by atoms with Crippen molar-refractivity contribution < 1.29 is 19.5 Å². The van der Waals surface area contributed by atoms with Crippen molar-refractivity contribution in [3.63, 3.8) is 0 Å². The molecule has 31 heavy (non-hydrogen) atoms. The van der Waals surface area contributed by atoms with Gasteiger partial charge in [0, 0.05) is 48.5 Å². The number of carbonyl (C=O) groups excluding carboxylic acids is 2. The number of nitrogens with one attached hydrogen (secondary N) is 1. The molecule has 1 amide bonds. The van der Waals surface area contributed by atoms with Crippen LogP contribution >= 0.6 is 23.5 Å². The van der Waals surface area contributed by atoms with Crippen LogP contribution in [-0.2, 0) is 15.3 Å². The molecule has 0 fully saturated rings. The van der Waals surface area contributed by atoms with Gasteiger partial charge in [-0.3, -0.25) is 9.59 Å². The summed E-state index contributed by atoms with van der Waals surface area (Å²) in [6, 6.07) is 15.9. The van der Waals surface area contributed by atoms with E-state index in [0.717, 1.165) is 23.0 Å². The molecule has 0 saturated carbocycles. The second-order valence-corrected chi connectivity index (χ2v) is 9.37. The highest BCUT2D eigenvalue weighted by molar-refractivity contribution is 8.14. The minimum absolute atomic E-state index is 0.106. The van der Waals surface area contributed by atoms with E-state index in [9.17, 15) is 19.5 Å². The summed E-state index contributed by atoms with van der Waals surface area (Å²) in [5.74, 6) is -0.717. The predicted molar refractivity (Wildman–Crippen MR) is 129 cm³/mol. The Kier molecular flexibility index (Phi) is 9.94. The van der Waals surface area contributed by atoms with E-state index in [-0.39, 0.29) is 22.5 Å². The Morgan fingerprint density at radius 2 is 1.74 bits per heavy atom. The number of thioether (sulfide) groups is 2. The molecule has 0 aliphatic heterocycles. The summed E-state index contributed by atoms with van der Waals surface area (Å²) >= 11 is 2.52. The number of carbonyl (C=O) groups is 3. The van der Waals surface area contributed by atoms with Gasteiger partial charge in [0.05, 0.1) is 0 Å². The molecule has 0 aliphatic carbocycles. The number of anilines is 1. The van der Waals surface area contributed by atoms with Gasteiger partial charge in [-0.25, -0.2) is 4.79 Å². The van der Waals surface area contributed by atoms with Gasteiger partial charge in [-0.1, -0.05) is 61.2 Å². The lowest BCUT2D eigenvalue weighted by atomic mass is 10.2. The number of carboxylic acids is 1. The second-order valence-electron chi connectivity index (χ2n) is 7.34. The van der Waals surface area contributed by atoms with Crippen molar-refractivity contribution in [2.45, 2.75) is 18.7 Å². The Morgan fingerprint density at radius 1 is 1.03 bits per heavy atom. The Labute approximate surface area is 191 Å². The van der Waals surface area contributed by atoms with E-state index in [1.165, 1.54) is 11.8 Å². The third kappa shape index (κ3) is 8.30. The SMILES string of the molecule is CC(CSC(=O)c1ccccc1)C(=O)N[C@H](CSCc1cccc(N(C)C)c1)C(=O)O. The number of hydrogen-bond acceptors (Lipinski definition) is 6. The van der Waals surface area contributed by atoms with Gasteiger partial charge in [-0.2, -0.15) is 11.8 Å². The maximum atomic E-state index is 12.4. The smallest absolute Gasteiger partial charge is 0.327 e. The van der Waals surface area contributed by atoms with E-state index in [0.29, 0.717) is 11.3 Å². The molecule has 2 atom stereocenters. The van der Waals surface area contributed by atoms with Crippen molar-refractivity contribution in [2.24, 2.45) is 5.92 Å². The van der Waals surface area contributed by atoms with Gasteiger partial charge in [-0.15, -0.1) is 0 Å². The topological polar surface area (TPSA) is 86.7 Å². The molecule has 0 saturated heterocycles. The number of rotatable bonds is 11. The summed E-state index contributed by atoms with van der Waals surface area (Å²) in [4.78, 5) is 38.2. The van der Waals surface area contributed by atoms with E-state index in [2.05, 4.69) is 11.4 Å². The monoisotopic (exact) mass is 460 g/mol. The lowest BCUT2D eigenvalue weighted by Gasteiger charge is -2.18. The molecule has 2 rings (SSSR count). The molecule has 0 bridgehead atoms. The van der Waals surface area contributed by atoms with Gasteiger partial charge < -0.3 is 15.3 Å². The zero-order valence-electron chi connectivity index (χ0n) is 17.9. The molecule has 0 aliphatic rings. The predicted octanol–water partition coefficient (Wildman–Crippen LogP) is 3.76. The first-order valence-corrected chi connectivity index (χ1v) is 12.0. The molecule has 6 nitrogen and oxygen atoms in total. The van der Waals surface area contributed by atoms with Crippen molar-refractivity contribution in [2.75, 3.05) is 30.5 Å². The number of hydrogen-bond donors (Lipinski definition) is 2. The number of amides is 1. The highest BCUT2D eigenvalue weighted by Gasteiger charge is 2.23. The van der Waals surface area contributed by atoms with E-state index in [4.69, 9.17) is 0 Å². The molecule has 0 spiro atoms. The van der Waals surface area contributed by atoms with Gasteiger partial charge >= 0.3 is 5.97 Å². The fraction of sp³-hybridized carbons (Fsp3) is 0.348. The van der Waals surface area contributed by atoms with Gasteiger partial charge in [0.15, 0.2) is 0 Å². The van der Waals surface area contributed by atoms with Crippen LogP contribution in [0.25, 0.3) is 0 Å². The van der Waals surface area contributed by atoms with Crippen LogP contribution < -0.4 is 10.2 Å². The third-order valence-corrected chi connectivity index (χ3v) is 6.79. The summed E-state index contributed by atoms with van der Waals surface area (Å²) in [5, 5.41) is 12.0. The molecule has 2 N–H and O–H groups in total. The first-order chi connectivity index (χ1) is 14.8. The standard InChI is InChI=1S/C23H28N2O4S2/c1-16(13-31-23(29)18-9-5-4-6-10-18)21(26)24-20(22(27)28)15-30-14-17-8-7-11-19(12-17)25(2)3/h4-12,16,20H,13-15H2,1-3H3,(H,24,26)(H,27,28)/t16?,20-/m1/s1. The van der Waals surface area contributed by atoms with Crippen LogP contribution in [-0.4, -0.2) is 53.7 Å². The van der Waals surface area contributed by atoms with Gasteiger partial charge in [0.2, 0.25) is 11.0 Å². The molecular formula is C23H28N2O4S2. The first kappa shape index (κ1) is 24.8. The third-order valence-electron chi connectivity index (χ3n) is 4.52. The molecule has 2 aromatic rings. The van der Waals surface area contributed by atoms with Crippen LogP contribution in [0, 0.1) is 5.92 Å². The normalized spacial score (nSPS) is 12.6. The molecule has 0 heterocycles. The van der Waals surface area contributed by atoms with Crippen LogP contribution in [0.4, 0.5) is 5.69 Å². The fourth-order valence-electron chi connectivity index (χ4n) is 2.64. The molecule has 0 radical (unpaired) electrons. The number of benzene rings is 2. The van der Waals surface area contributed by atoms with Crippen molar-refractivity contribution in [3.05, 3.63) is 65.7 Å². The zero-order valence-corrected chi connectivity index (χ0v) is 19.5. The molecule has 1 unspecified atom stereocenters. The van der Waals surface area contributed by atoms with Crippen molar-refractivity contribution in [3.8, 4) is 0 Å². The lowest BCUT2D eigenvalue weighted by molar-refractivity contribution is -0.141. The van der Waals surface area contributed by atoms with Crippen LogP contribution in [0.1, 0.15) is 22.8 Å². The highest BCUT2D eigenvalue weighted by Crippen LogP contribution is 2.19. The molecule has 2 aromatic carbocycles. The average molecular weight is 461 g/mol. The molecule has 0 aromatic heterocycles.